The van der Waals surface area contributed by atoms with Crippen molar-refractivity contribution in [2.75, 3.05) is 5.32 Å². The van der Waals surface area contributed by atoms with E-state index < -0.39 is 0 Å². The van der Waals surface area contributed by atoms with Crippen molar-refractivity contribution < 1.29 is 4.79 Å². The zero-order chi connectivity index (χ0) is 16.1. The first-order chi connectivity index (χ1) is 11.2. The lowest BCUT2D eigenvalue weighted by molar-refractivity contribution is -0.111. The number of amides is 1. The van der Waals surface area contributed by atoms with E-state index in [2.05, 4.69) is 36.4 Å². The van der Waals surface area contributed by atoms with Gasteiger partial charge in [0, 0.05) is 16.1 Å². The number of H-pyrrole nitrogens is 1. The van der Waals surface area contributed by atoms with Gasteiger partial charge in [0.05, 0.1) is 0 Å². The number of carbonyl (C=O) groups excluding carboxylic acids is 1. The molecule has 0 radical (unpaired) electrons. The SMILES string of the molecule is O=C(/C=C/c1ccccc1)Nc1n[nH]c(-c2cccc(Br)c2)n1. The molecule has 0 unspecified atom stereocenters. The minimum absolute atomic E-state index is 0.239. The predicted molar refractivity (Wildman–Crippen MR) is 93.6 cm³/mol. The number of nitrogens with zero attached hydrogens (tertiary/aromatic N) is 2. The Bertz CT molecular complexity index is 843. The van der Waals surface area contributed by atoms with Crippen LogP contribution in [0.3, 0.4) is 0 Å². The van der Waals surface area contributed by atoms with Crippen molar-refractivity contribution in [3.05, 3.63) is 70.7 Å². The predicted octanol–water partition coefficient (Wildman–Crippen LogP) is 3.89. The van der Waals surface area contributed by atoms with E-state index in [1.54, 1.807) is 6.08 Å². The number of carbonyl (C=O) groups is 1. The van der Waals surface area contributed by atoms with Gasteiger partial charge in [-0.05, 0) is 23.8 Å². The van der Waals surface area contributed by atoms with Crippen LogP contribution in [0.5, 0.6) is 0 Å². The summed E-state index contributed by atoms with van der Waals surface area (Å²) in [7, 11) is 0. The third-order valence-corrected chi connectivity index (χ3v) is 3.54. The molecule has 2 aromatic carbocycles. The number of benzene rings is 2. The molecule has 0 aliphatic carbocycles. The highest BCUT2D eigenvalue weighted by atomic mass is 79.9. The normalized spacial score (nSPS) is 10.8. The van der Waals surface area contributed by atoms with Gasteiger partial charge >= 0.3 is 0 Å². The first kappa shape index (κ1) is 15.2. The van der Waals surface area contributed by atoms with Gasteiger partial charge in [0.2, 0.25) is 5.95 Å². The number of aromatic nitrogens is 3. The van der Waals surface area contributed by atoms with E-state index in [1.165, 1.54) is 6.08 Å². The van der Waals surface area contributed by atoms with Gasteiger partial charge < -0.3 is 0 Å². The van der Waals surface area contributed by atoms with Gasteiger partial charge in [-0.1, -0.05) is 58.4 Å². The summed E-state index contributed by atoms with van der Waals surface area (Å²) in [4.78, 5) is 16.1. The number of anilines is 1. The number of hydrogen-bond donors (Lipinski definition) is 2. The van der Waals surface area contributed by atoms with Crippen molar-refractivity contribution in [1.82, 2.24) is 15.2 Å². The maximum atomic E-state index is 11.9. The fourth-order valence-electron chi connectivity index (χ4n) is 1.97. The van der Waals surface area contributed by atoms with Gasteiger partial charge in [-0.3, -0.25) is 15.2 Å². The molecular formula is C17H13BrN4O. The standard InChI is InChI=1S/C17H13BrN4O/c18-14-8-4-7-13(11-14)16-20-17(22-21-16)19-15(23)10-9-12-5-2-1-3-6-12/h1-11H,(H2,19,20,21,22,23)/b10-9+. The van der Waals surface area contributed by atoms with E-state index in [9.17, 15) is 4.79 Å². The van der Waals surface area contributed by atoms with E-state index in [-0.39, 0.29) is 11.9 Å². The quantitative estimate of drug-likeness (QED) is 0.686. The molecule has 1 amide bonds. The molecule has 5 nitrogen and oxygen atoms in total. The van der Waals surface area contributed by atoms with Crippen molar-refractivity contribution in [3.8, 4) is 11.4 Å². The molecule has 0 atom stereocenters. The summed E-state index contributed by atoms with van der Waals surface area (Å²) in [5.41, 5.74) is 1.83. The Morgan fingerprint density at radius 2 is 1.96 bits per heavy atom. The molecule has 2 N–H and O–H groups in total. The maximum Gasteiger partial charge on any atom is 0.250 e. The average Bonchev–Trinajstić information content (AvgIpc) is 3.02. The number of aromatic amines is 1. The Balaban J connectivity index is 1.67. The van der Waals surface area contributed by atoms with Gasteiger partial charge in [-0.15, -0.1) is 5.10 Å². The minimum atomic E-state index is -0.284. The minimum Gasteiger partial charge on any atom is -0.290 e. The molecule has 0 spiro atoms. The Morgan fingerprint density at radius 1 is 1.13 bits per heavy atom. The summed E-state index contributed by atoms with van der Waals surface area (Å²) in [6.07, 6.45) is 3.18. The van der Waals surface area contributed by atoms with Crippen LogP contribution in [0.4, 0.5) is 5.95 Å². The second-order valence-corrected chi connectivity index (χ2v) is 5.67. The van der Waals surface area contributed by atoms with Crippen LogP contribution in [0.25, 0.3) is 17.5 Å². The van der Waals surface area contributed by atoms with E-state index in [0.29, 0.717) is 5.82 Å². The third-order valence-electron chi connectivity index (χ3n) is 3.05. The van der Waals surface area contributed by atoms with E-state index in [4.69, 9.17) is 0 Å². The van der Waals surface area contributed by atoms with Crippen molar-refractivity contribution in [2.45, 2.75) is 0 Å². The fourth-order valence-corrected chi connectivity index (χ4v) is 2.37. The number of halogens is 1. The zero-order valence-corrected chi connectivity index (χ0v) is 13.6. The first-order valence-electron chi connectivity index (χ1n) is 6.93. The van der Waals surface area contributed by atoms with Gasteiger partial charge in [0.1, 0.15) is 0 Å². The molecular weight excluding hydrogens is 356 g/mol. The molecule has 3 rings (SSSR count). The van der Waals surface area contributed by atoms with E-state index >= 15 is 0 Å². The van der Waals surface area contributed by atoms with Crippen LogP contribution in [0.15, 0.2) is 65.1 Å². The monoisotopic (exact) mass is 368 g/mol. The lowest BCUT2D eigenvalue weighted by Crippen LogP contribution is -2.09. The molecule has 0 aliphatic rings. The van der Waals surface area contributed by atoms with Crippen LogP contribution < -0.4 is 5.32 Å². The third kappa shape index (κ3) is 4.14. The molecule has 0 bridgehead atoms. The molecule has 0 saturated carbocycles. The molecule has 1 heterocycles. The molecule has 0 fully saturated rings. The topological polar surface area (TPSA) is 70.7 Å². The molecule has 6 heteroatoms. The van der Waals surface area contributed by atoms with Crippen LogP contribution in [-0.2, 0) is 4.79 Å². The largest absolute Gasteiger partial charge is 0.290 e. The lowest BCUT2D eigenvalue weighted by atomic mass is 10.2. The smallest absolute Gasteiger partial charge is 0.250 e. The maximum absolute atomic E-state index is 11.9. The molecule has 114 valence electrons. The molecule has 0 saturated heterocycles. The Hall–Kier alpha value is -2.73. The van der Waals surface area contributed by atoms with Crippen molar-refractivity contribution in [2.24, 2.45) is 0 Å². The number of rotatable bonds is 4. The second-order valence-electron chi connectivity index (χ2n) is 4.75. The summed E-state index contributed by atoms with van der Waals surface area (Å²) in [6.45, 7) is 0. The molecule has 23 heavy (non-hydrogen) atoms. The first-order valence-corrected chi connectivity index (χ1v) is 7.72. The van der Waals surface area contributed by atoms with Crippen LogP contribution in [0, 0.1) is 0 Å². The summed E-state index contributed by atoms with van der Waals surface area (Å²) in [5.74, 6) is 0.546. The van der Waals surface area contributed by atoms with Gasteiger partial charge in [0.15, 0.2) is 5.82 Å². The molecule has 1 aromatic heterocycles. The summed E-state index contributed by atoms with van der Waals surface area (Å²) < 4.78 is 0.947. The zero-order valence-electron chi connectivity index (χ0n) is 12.0. The lowest BCUT2D eigenvalue weighted by Gasteiger charge is -1.96. The highest BCUT2D eigenvalue weighted by molar-refractivity contribution is 9.10. The summed E-state index contributed by atoms with van der Waals surface area (Å²) >= 11 is 3.41. The van der Waals surface area contributed by atoms with E-state index in [1.807, 2.05) is 54.6 Å². The highest BCUT2D eigenvalue weighted by Crippen LogP contribution is 2.20. The van der Waals surface area contributed by atoms with Crippen molar-refractivity contribution >= 4 is 33.9 Å². The van der Waals surface area contributed by atoms with Crippen LogP contribution in [0.2, 0.25) is 0 Å². The highest BCUT2D eigenvalue weighted by Gasteiger charge is 2.07. The Kier molecular flexibility index (Phi) is 4.63. The van der Waals surface area contributed by atoms with Crippen molar-refractivity contribution in [3.63, 3.8) is 0 Å². The Labute approximate surface area is 141 Å². The van der Waals surface area contributed by atoms with Gasteiger partial charge in [0.25, 0.3) is 5.91 Å². The Morgan fingerprint density at radius 3 is 2.74 bits per heavy atom. The van der Waals surface area contributed by atoms with Crippen LogP contribution in [0.1, 0.15) is 5.56 Å². The van der Waals surface area contributed by atoms with Crippen LogP contribution >= 0.6 is 15.9 Å². The molecule has 0 aliphatic heterocycles. The van der Waals surface area contributed by atoms with Gasteiger partial charge in [-0.2, -0.15) is 4.98 Å². The van der Waals surface area contributed by atoms with E-state index in [0.717, 1.165) is 15.6 Å². The number of hydrogen-bond acceptors (Lipinski definition) is 3. The second kappa shape index (κ2) is 7.02. The van der Waals surface area contributed by atoms with Crippen molar-refractivity contribution in [1.29, 1.82) is 0 Å². The van der Waals surface area contributed by atoms with Gasteiger partial charge in [-0.25, -0.2) is 0 Å². The fraction of sp³-hybridized carbons (Fsp3) is 0. The molecule has 3 aromatic rings. The summed E-state index contributed by atoms with van der Waals surface area (Å²) in [6, 6.07) is 17.2. The average molecular weight is 369 g/mol. The summed E-state index contributed by atoms with van der Waals surface area (Å²) in [5, 5.41) is 9.43. The van der Waals surface area contributed by atoms with Crippen LogP contribution in [-0.4, -0.2) is 21.1 Å². The number of nitrogens with one attached hydrogen (secondary N) is 2.